The number of carbonyl (C=O) groups is 1. The molecule has 2 aromatic carbocycles. The van der Waals surface area contributed by atoms with E-state index in [9.17, 15) is 14.9 Å². The van der Waals surface area contributed by atoms with Gasteiger partial charge in [-0.3, -0.25) is 14.2 Å². The molecule has 0 aliphatic carbocycles. The molecule has 3 atom stereocenters. The van der Waals surface area contributed by atoms with Crippen molar-refractivity contribution in [1.29, 1.82) is 5.26 Å². The van der Waals surface area contributed by atoms with Gasteiger partial charge in [0.1, 0.15) is 5.75 Å². The molecule has 0 saturated heterocycles. The minimum absolute atomic E-state index is 0.0386. The highest BCUT2D eigenvalue weighted by atomic mass is 35.5. The molecule has 0 spiro atoms. The molecule has 1 aliphatic heterocycles. The number of benzene rings is 2. The van der Waals surface area contributed by atoms with Crippen LogP contribution >= 0.6 is 11.6 Å². The van der Waals surface area contributed by atoms with Crippen LogP contribution in [0.15, 0.2) is 77.9 Å². The summed E-state index contributed by atoms with van der Waals surface area (Å²) in [7, 11) is 0. The quantitative estimate of drug-likeness (QED) is 0.351. The number of nitrogens with one attached hydrogen (secondary N) is 1. The molecule has 40 heavy (non-hydrogen) atoms. The van der Waals surface area contributed by atoms with Crippen molar-refractivity contribution in [3.05, 3.63) is 105 Å². The smallest absolute Gasteiger partial charge is 0.314 e. The van der Waals surface area contributed by atoms with E-state index in [1.54, 1.807) is 6.08 Å². The first-order chi connectivity index (χ1) is 18.9. The van der Waals surface area contributed by atoms with Crippen LogP contribution in [0.5, 0.6) is 11.5 Å². The van der Waals surface area contributed by atoms with E-state index in [-0.39, 0.29) is 46.7 Å². The number of hydrogen-bond donors (Lipinski definition) is 1. The van der Waals surface area contributed by atoms with Crippen LogP contribution in [0.1, 0.15) is 37.6 Å². The molecule has 0 bridgehead atoms. The molecule has 4 rings (SSSR count). The fourth-order valence-electron chi connectivity index (χ4n) is 4.44. The summed E-state index contributed by atoms with van der Waals surface area (Å²) >= 11 is 6.06. The van der Waals surface area contributed by atoms with E-state index in [1.807, 2.05) is 50.2 Å². The molecule has 2 heterocycles. The summed E-state index contributed by atoms with van der Waals surface area (Å²) in [6.45, 7) is 8.32. The minimum atomic E-state index is -3.68. The predicted molar refractivity (Wildman–Crippen MR) is 148 cm³/mol. The summed E-state index contributed by atoms with van der Waals surface area (Å²) in [5.74, 6) is -5.17. The molecular weight excluding hydrogens is 538 g/mol. The summed E-state index contributed by atoms with van der Waals surface area (Å²) in [5, 5.41) is 12.4. The third kappa shape index (κ3) is 5.82. The van der Waals surface area contributed by atoms with Gasteiger partial charge in [0.05, 0.1) is 18.0 Å². The Labute approximate surface area is 235 Å². The van der Waals surface area contributed by atoms with E-state index in [4.69, 9.17) is 16.3 Å². The maximum Gasteiger partial charge on any atom is 0.314 e. The van der Waals surface area contributed by atoms with Crippen LogP contribution in [0.4, 0.5) is 8.78 Å². The first-order valence-corrected chi connectivity index (χ1v) is 12.9. The molecule has 1 N–H and O–H groups in total. The Morgan fingerprint density at radius 2 is 1.93 bits per heavy atom. The lowest BCUT2D eigenvalue weighted by molar-refractivity contribution is -0.116. The van der Waals surface area contributed by atoms with Gasteiger partial charge >= 0.3 is 5.92 Å². The zero-order valence-corrected chi connectivity index (χ0v) is 22.9. The van der Waals surface area contributed by atoms with Crippen LogP contribution in [-0.4, -0.2) is 21.5 Å². The fraction of sp³-hybridized carbons (Fsp3) is 0.267. The van der Waals surface area contributed by atoms with Crippen molar-refractivity contribution in [1.82, 2.24) is 14.9 Å². The second-order valence-electron chi connectivity index (χ2n) is 9.86. The van der Waals surface area contributed by atoms with Gasteiger partial charge in [0.2, 0.25) is 5.75 Å². The first-order valence-electron chi connectivity index (χ1n) is 12.5. The fourth-order valence-corrected chi connectivity index (χ4v) is 4.67. The monoisotopic (exact) mass is 564 g/mol. The van der Waals surface area contributed by atoms with E-state index < -0.39 is 28.5 Å². The Bertz CT molecular complexity index is 1590. The Morgan fingerprint density at radius 1 is 1.23 bits per heavy atom. The number of carbonyl (C=O) groups excluding carboxylic acids is 1. The van der Waals surface area contributed by atoms with Crippen LogP contribution in [0.2, 0.25) is 5.02 Å². The Hall–Kier alpha value is -4.29. The molecule has 0 saturated carbocycles. The zero-order valence-electron chi connectivity index (χ0n) is 22.1. The molecule has 1 aromatic heterocycles. The normalized spacial score (nSPS) is 19.2. The minimum Gasteiger partial charge on any atom is -0.449 e. The van der Waals surface area contributed by atoms with E-state index in [0.29, 0.717) is 11.1 Å². The van der Waals surface area contributed by atoms with Crippen LogP contribution in [0.25, 0.3) is 5.57 Å². The standard InChI is InChI=1S/C30H27ClF2N4O3/c1-17(2)30(32,33)27-26(40-24-11-20(14-34)10-23(31)13-24)29(39)37(16-35-27)15-22-12-25(21-8-6-5-7-9-21)28(38)36-19(4)18(22)3/h5-13,16,18-19,22H,1,15H2,2-4H3,(H,36,38). The number of hydrogen-bond acceptors (Lipinski definition) is 5. The molecule has 3 unspecified atom stereocenters. The first kappa shape index (κ1) is 28.7. The number of nitriles is 1. The number of halogens is 3. The highest BCUT2D eigenvalue weighted by molar-refractivity contribution is 6.30. The Morgan fingerprint density at radius 3 is 2.58 bits per heavy atom. The predicted octanol–water partition coefficient (Wildman–Crippen LogP) is 6.08. The van der Waals surface area contributed by atoms with E-state index in [1.165, 1.54) is 22.8 Å². The van der Waals surface area contributed by atoms with E-state index >= 15 is 8.78 Å². The number of nitrogens with zero attached hydrogens (tertiary/aromatic N) is 3. The molecule has 0 radical (unpaired) electrons. The lowest BCUT2D eigenvalue weighted by atomic mass is 9.87. The van der Waals surface area contributed by atoms with Crippen LogP contribution in [0.3, 0.4) is 0 Å². The van der Waals surface area contributed by atoms with Crippen molar-refractivity contribution < 1.29 is 18.3 Å². The van der Waals surface area contributed by atoms with Crippen molar-refractivity contribution in [3.8, 4) is 17.6 Å². The summed E-state index contributed by atoms with van der Waals surface area (Å²) in [4.78, 5) is 30.6. The SMILES string of the molecule is C=C(C)C(F)(F)c1ncn(CC2C=C(c3ccccc3)C(=O)NC(C)C2C)c(=O)c1Oc1cc(Cl)cc(C#N)c1. The van der Waals surface area contributed by atoms with Gasteiger partial charge < -0.3 is 10.1 Å². The van der Waals surface area contributed by atoms with Crippen LogP contribution < -0.4 is 15.6 Å². The molecular formula is C30H27ClF2N4O3. The summed E-state index contributed by atoms with van der Waals surface area (Å²) < 4.78 is 37.2. The average molecular weight is 565 g/mol. The third-order valence-electron chi connectivity index (χ3n) is 6.99. The topological polar surface area (TPSA) is 97.0 Å². The lowest BCUT2D eigenvalue weighted by Gasteiger charge is -2.26. The molecule has 0 fully saturated rings. The highest BCUT2D eigenvalue weighted by Crippen LogP contribution is 2.39. The second-order valence-corrected chi connectivity index (χ2v) is 10.3. The van der Waals surface area contributed by atoms with E-state index in [0.717, 1.165) is 13.3 Å². The summed E-state index contributed by atoms with van der Waals surface area (Å²) in [6.07, 6.45) is 2.85. The van der Waals surface area contributed by atoms with Crippen molar-refractivity contribution in [3.63, 3.8) is 0 Å². The maximum absolute atomic E-state index is 15.2. The van der Waals surface area contributed by atoms with Gasteiger partial charge in [0.25, 0.3) is 11.5 Å². The van der Waals surface area contributed by atoms with Gasteiger partial charge in [-0.05, 0) is 49.1 Å². The van der Waals surface area contributed by atoms with Crippen LogP contribution in [-0.2, 0) is 17.3 Å². The van der Waals surface area contributed by atoms with Crippen molar-refractivity contribution >= 4 is 23.1 Å². The molecule has 1 amide bonds. The largest absolute Gasteiger partial charge is 0.449 e. The van der Waals surface area contributed by atoms with Gasteiger partial charge in [-0.15, -0.1) is 0 Å². The molecule has 1 aliphatic rings. The average Bonchev–Trinajstić information content (AvgIpc) is 3.01. The number of amides is 1. The van der Waals surface area contributed by atoms with Crippen LogP contribution in [0, 0.1) is 23.2 Å². The number of ether oxygens (including phenoxy) is 1. The number of alkyl halides is 2. The molecule has 7 nitrogen and oxygen atoms in total. The van der Waals surface area contributed by atoms with Crippen molar-refractivity contribution in [2.24, 2.45) is 11.8 Å². The Balaban J connectivity index is 1.83. The van der Waals surface area contributed by atoms with Gasteiger partial charge in [-0.2, -0.15) is 14.0 Å². The molecule has 3 aromatic rings. The van der Waals surface area contributed by atoms with Crippen molar-refractivity contribution in [2.75, 3.05) is 0 Å². The Kier molecular flexibility index (Phi) is 8.21. The lowest BCUT2D eigenvalue weighted by Crippen LogP contribution is -2.38. The number of allylic oxidation sites excluding steroid dienone is 2. The third-order valence-corrected chi connectivity index (χ3v) is 7.21. The maximum atomic E-state index is 15.2. The summed E-state index contributed by atoms with van der Waals surface area (Å²) in [6, 6.07) is 14.8. The molecule has 206 valence electrons. The van der Waals surface area contributed by atoms with Gasteiger partial charge in [-0.1, -0.05) is 61.5 Å². The van der Waals surface area contributed by atoms with Gasteiger partial charge in [-0.25, -0.2) is 4.98 Å². The highest BCUT2D eigenvalue weighted by Gasteiger charge is 2.40. The zero-order chi connectivity index (χ0) is 29.2. The second kappa shape index (κ2) is 11.4. The number of rotatable bonds is 7. The number of aromatic nitrogens is 2. The summed E-state index contributed by atoms with van der Waals surface area (Å²) in [5.41, 5.74) is -1.00. The van der Waals surface area contributed by atoms with Gasteiger partial charge in [0.15, 0.2) is 5.69 Å². The van der Waals surface area contributed by atoms with E-state index in [2.05, 4.69) is 16.9 Å². The van der Waals surface area contributed by atoms with Crippen molar-refractivity contribution in [2.45, 2.75) is 39.3 Å². The van der Waals surface area contributed by atoms with Gasteiger partial charge in [0, 0.05) is 29.1 Å². The molecule has 10 heteroatoms.